The standard InChI is InChI=1S/C11H7BrN4OS/c12-7-2-1-3-8(4-7)13-5-9-10(17)16-11(18-9)14-6-15-16/h1-6,13H/b9-5-. The highest BCUT2D eigenvalue weighted by Gasteiger charge is 2.04. The summed E-state index contributed by atoms with van der Waals surface area (Å²) < 4.78 is 2.84. The molecule has 0 bridgehead atoms. The quantitative estimate of drug-likeness (QED) is 0.776. The Balaban J connectivity index is 1.99. The molecule has 0 saturated heterocycles. The van der Waals surface area contributed by atoms with Gasteiger partial charge in [0.15, 0.2) is 0 Å². The van der Waals surface area contributed by atoms with Crippen molar-refractivity contribution in [2.24, 2.45) is 0 Å². The fourth-order valence-corrected chi connectivity index (χ4v) is 2.71. The zero-order chi connectivity index (χ0) is 12.5. The van der Waals surface area contributed by atoms with Gasteiger partial charge in [-0.05, 0) is 18.2 Å². The van der Waals surface area contributed by atoms with Crippen molar-refractivity contribution in [3.8, 4) is 0 Å². The van der Waals surface area contributed by atoms with Crippen molar-refractivity contribution in [2.45, 2.75) is 0 Å². The Labute approximate surface area is 114 Å². The second-order valence-electron chi connectivity index (χ2n) is 3.52. The number of thiazole rings is 1. The van der Waals surface area contributed by atoms with Gasteiger partial charge >= 0.3 is 0 Å². The molecule has 0 spiro atoms. The van der Waals surface area contributed by atoms with Crippen molar-refractivity contribution >= 4 is 44.1 Å². The molecule has 90 valence electrons. The zero-order valence-corrected chi connectivity index (χ0v) is 11.4. The van der Waals surface area contributed by atoms with E-state index in [9.17, 15) is 4.79 Å². The van der Waals surface area contributed by atoms with Gasteiger partial charge < -0.3 is 5.32 Å². The molecule has 5 nitrogen and oxygen atoms in total. The molecule has 3 rings (SSSR count). The summed E-state index contributed by atoms with van der Waals surface area (Å²) in [5, 5.41) is 6.94. The Hall–Kier alpha value is -1.73. The molecule has 0 unspecified atom stereocenters. The van der Waals surface area contributed by atoms with Gasteiger partial charge in [-0.15, -0.1) is 0 Å². The van der Waals surface area contributed by atoms with E-state index in [0.29, 0.717) is 9.49 Å². The van der Waals surface area contributed by atoms with Gasteiger partial charge in [-0.3, -0.25) is 4.79 Å². The summed E-state index contributed by atoms with van der Waals surface area (Å²) in [6, 6.07) is 7.70. The number of nitrogens with one attached hydrogen (secondary N) is 1. The topological polar surface area (TPSA) is 59.3 Å². The van der Waals surface area contributed by atoms with Crippen LogP contribution in [0.2, 0.25) is 0 Å². The van der Waals surface area contributed by atoms with Crippen LogP contribution in [-0.4, -0.2) is 14.6 Å². The van der Waals surface area contributed by atoms with Crippen LogP contribution in [0.5, 0.6) is 0 Å². The number of rotatable bonds is 2. The van der Waals surface area contributed by atoms with Gasteiger partial charge in [0.05, 0.1) is 0 Å². The van der Waals surface area contributed by atoms with Crippen molar-refractivity contribution in [3.63, 3.8) is 0 Å². The minimum Gasteiger partial charge on any atom is -0.360 e. The largest absolute Gasteiger partial charge is 0.360 e. The van der Waals surface area contributed by atoms with Crippen molar-refractivity contribution in [2.75, 3.05) is 5.32 Å². The molecule has 0 aliphatic carbocycles. The third kappa shape index (κ3) is 2.02. The SMILES string of the molecule is O=c1/c(=C/Nc2cccc(Br)c2)sc2ncnn12. The number of nitrogens with zero attached hydrogens (tertiary/aromatic N) is 3. The average Bonchev–Trinajstić information content (AvgIpc) is 2.91. The smallest absolute Gasteiger partial charge is 0.292 e. The molecule has 7 heteroatoms. The summed E-state index contributed by atoms with van der Waals surface area (Å²) in [6.45, 7) is 0. The second-order valence-corrected chi connectivity index (χ2v) is 5.45. The van der Waals surface area contributed by atoms with E-state index < -0.39 is 0 Å². The number of benzene rings is 1. The van der Waals surface area contributed by atoms with Crippen LogP contribution in [0, 0.1) is 0 Å². The molecule has 0 fully saturated rings. The highest BCUT2D eigenvalue weighted by Crippen LogP contribution is 2.15. The van der Waals surface area contributed by atoms with E-state index in [1.807, 2.05) is 24.3 Å². The summed E-state index contributed by atoms with van der Waals surface area (Å²) in [4.78, 5) is 16.5. The number of hydrogen-bond acceptors (Lipinski definition) is 5. The minimum absolute atomic E-state index is 0.157. The van der Waals surface area contributed by atoms with E-state index in [1.165, 1.54) is 22.2 Å². The van der Waals surface area contributed by atoms with E-state index in [0.717, 1.165) is 10.2 Å². The van der Waals surface area contributed by atoms with Crippen molar-refractivity contribution in [3.05, 3.63) is 50.0 Å². The van der Waals surface area contributed by atoms with E-state index in [2.05, 4.69) is 31.3 Å². The lowest BCUT2D eigenvalue weighted by Crippen LogP contribution is -2.24. The Morgan fingerprint density at radius 2 is 2.33 bits per heavy atom. The molecule has 1 N–H and O–H groups in total. The summed E-state index contributed by atoms with van der Waals surface area (Å²) in [5.41, 5.74) is 0.748. The molecular weight excluding hydrogens is 316 g/mol. The first kappa shape index (κ1) is 11.4. The maximum atomic E-state index is 11.9. The summed E-state index contributed by atoms with van der Waals surface area (Å²) in [7, 11) is 0. The highest BCUT2D eigenvalue weighted by molar-refractivity contribution is 9.10. The predicted octanol–water partition coefficient (Wildman–Crippen LogP) is 1.48. The van der Waals surface area contributed by atoms with E-state index >= 15 is 0 Å². The second kappa shape index (κ2) is 4.51. The molecule has 0 saturated carbocycles. The normalized spacial score (nSPS) is 12.2. The maximum Gasteiger partial charge on any atom is 0.292 e. The number of aromatic nitrogens is 3. The summed E-state index contributed by atoms with van der Waals surface area (Å²) >= 11 is 4.69. The first-order chi connectivity index (χ1) is 8.74. The van der Waals surface area contributed by atoms with Crippen LogP contribution in [0.1, 0.15) is 0 Å². The highest BCUT2D eigenvalue weighted by atomic mass is 79.9. The first-order valence-electron chi connectivity index (χ1n) is 5.09. The Bertz CT molecular complexity index is 810. The monoisotopic (exact) mass is 322 g/mol. The molecule has 0 radical (unpaired) electrons. The van der Waals surface area contributed by atoms with Gasteiger partial charge in [0.25, 0.3) is 5.56 Å². The number of hydrogen-bond donors (Lipinski definition) is 1. The van der Waals surface area contributed by atoms with Crippen LogP contribution in [0.25, 0.3) is 11.2 Å². The molecule has 18 heavy (non-hydrogen) atoms. The molecule has 3 aromatic rings. The fourth-order valence-electron chi connectivity index (χ4n) is 1.50. The molecule has 1 aromatic carbocycles. The van der Waals surface area contributed by atoms with Gasteiger partial charge in [0, 0.05) is 16.4 Å². The van der Waals surface area contributed by atoms with Crippen LogP contribution < -0.4 is 15.4 Å². The molecule has 2 heterocycles. The van der Waals surface area contributed by atoms with Crippen molar-refractivity contribution < 1.29 is 0 Å². The van der Waals surface area contributed by atoms with Gasteiger partial charge in [-0.25, -0.2) is 4.98 Å². The number of fused-ring (bicyclic) bond motifs is 1. The van der Waals surface area contributed by atoms with Gasteiger partial charge in [-0.2, -0.15) is 9.61 Å². The number of anilines is 1. The molecule has 0 aliphatic rings. The lowest BCUT2D eigenvalue weighted by Gasteiger charge is -1.99. The summed E-state index contributed by atoms with van der Waals surface area (Å²) in [6.07, 6.45) is 3.05. The molecule has 0 atom stereocenters. The van der Waals surface area contributed by atoms with Gasteiger partial charge in [0.2, 0.25) is 4.96 Å². The molecular formula is C11H7BrN4OS. The van der Waals surface area contributed by atoms with Crippen LogP contribution in [0.3, 0.4) is 0 Å². The van der Waals surface area contributed by atoms with Gasteiger partial charge in [0.1, 0.15) is 10.9 Å². The summed E-state index contributed by atoms with van der Waals surface area (Å²) in [5.74, 6) is 0. The lowest BCUT2D eigenvalue weighted by atomic mass is 10.3. The van der Waals surface area contributed by atoms with E-state index in [1.54, 1.807) is 6.20 Å². The third-order valence-electron chi connectivity index (χ3n) is 2.32. The van der Waals surface area contributed by atoms with Crippen molar-refractivity contribution in [1.82, 2.24) is 14.6 Å². The van der Waals surface area contributed by atoms with Crippen LogP contribution in [0.4, 0.5) is 5.69 Å². The fraction of sp³-hybridized carbons (Fsp3) is 0. The lowest BCUT2D eigenvalue weighted by molar-refractivity contribution is 0.932. The van der Waals surface area contributed by atoms with E-state index in [-0.39, 0.29) is 5.56 Å². The van der Waals surface area contributed by atoms with Crippen molar-refractivity contribution in [1.29, 1.82) is 0 Å². The van der Waals surface area contributed by atoms with Crippen LogP contribution in [-0.2, 0) is 0 Å². The maximum absolute atomic E-state index is 11.9. The van der Waals surface area contributed by atoms with Crippen LogP contribution >= 0.6 is 27.3 Å². The zero-order valence-electron chi connectivity index (χ0n) is 9.00. The van der Waals surface area contributed by atoms with Gasteiger partial charge in [-0.1, -0.05) is 33.3 Å². The average molecular weight is 323 g/mol. The Kier molecular flexibility index (Phi) is 2.85. The molecule has 0 aliphatic heterocycles. The molecule has 0 amide bonds. The number of halogens is 1. The minimum atomic E-state index is -0.157. The first-order valence-corrected chi connectivity index (χ1v) is 6.70. The van der Waals surface area contributed by atoms with E-state index in [4.69, 9.17) is 0 Å². The third-order valence-corrected chi connectivity index (χ3v) is 3.78. The molecule has 2 aromatic heterocycles. The Morgan fingerprint density at radius 3 is 3.11 bits per heavy atom. The Morgan fingerprint density at radius 1 is 1.44 bits per heavy atom. The predicted molar refractivity (Wildman–Crippen MR) is 74.6 cm³/mol. The van der Waals surface area contributed by atoms with Crippen LogP contribution in [0.15, 0.2) is 39.9 Å².